The molecule has 0 bridgehead atoms. The number of hydrogen-bond acceptors (Lipinski definition) is 4. The first-order chi connectivity index (χ1) is 15.2. The first-order valence-corrected chi connectivity index (χ1v) is 11.2. The first kappa shape index (κ1) is 23.5. The van der Waals surface area contributed by atoms with Gasteiger partial charge in [0, 0.05) is 37.8 Å². The highest BCUT2D eigenvalue weighted by atomic mass is 16.5. The number of rotatable bonds is 7. The summed E-state index contributed by atoms with van der Waals surface area (Å²) in [6.45, 7) is 9.69. The van der Waals surface area contributed by atoms with Crippen LogP contribution < -0.4 is 10.1 Å². The van der Waals surface area contributed by atoms with E-state index in [0.29, 0.717) is 31.8 Å². The maximum atomic E-state index is 12.8. The monoisotopic (exact) mass is 435 g/mol. The van der Waals surface area contributed by atoms with Gasteiger partial charge >= 0.3 is 0 Å². The predicted molar refractivity (Wildman–Crippen MR) is 128 cm³/mol. The molecule has 2 aromatic rings. The SMILES string of the molecule is CCCOc1c(CN(C)C(=O)/C=C/c2cnc3c(c2)CCC(=O)N3)cccc1C(C)(C)C. The third-order valence-electron chi connectivity index (χ3n) is 5.42. The molecule has 0 spiro atoms. The average molecular weight is 436 g/mol. The fourth-order valence-corrected chi connectivity index (χ4v) is 3.67. The number of aromatic nitrogens is 1. The molecule has 170 valence electrons. The minimum Gasteiger partial charge on any atom is -0.493 e. The number of aryl methyl sites for hydroxylation is 1. The van der Waals surface area contributed by atoms with E-state index in [1.807, 2.05) is 18.2 Å². The second-order valence-electron chi connectivity index (χ2n) is 9.24. The Labute approximate surface area is 190 Å². The quantitative estimate of drug-likeness (QED) is 0.639. The van der Waals surface area contributed by atoms with E-state index in [0.717, 1.165) is 34.4 Å². The lowest BCUT2D eigenvalue weighted by Gasteiger charge is -2.26. The van der Waals surface area contributed by atoms with Gasteiger partial charge < -0.3 is 15.0 Å². The van der Waals surface area contributed by atoms with Crippen molar-refractivity contribution in [2.24, 2.45) is 0 Å². The Morgan fingerprint density at radius 2 is 2.06 bits per heavy atom. The van der Waals surface area contributed by atoms with Gasteiger partial charge in [0.25, 0.3) is 0 Å². The molecule has 2 heterocycles. The molecule has 6 nitrogen and oxygen atoms in total. The van der Waals surface area contributed by atoms with Crippen molar-refractivity contribution in [2.75, 3.05) is 19.0 Å². The molecule has 0 atom stereocenters. The van der Waals surface area contributed by atoms with Gasteiger partial charge in [-0.3, -0.25) is 9.59 Å². The van der Waals surface area contributed by atoms with E-state index in [9.17, 15) is 9.59 Å². The Hall–Kier alpha value is -3.15. The molecule has 1 aliphatic rings. The number of pyridine rings is 1. The summed E-state index contributed by atoms with van der Waals surface area (Å²) in [5.74, 6) is 1.38. The van der Waals surface area contributed by atoms with E-state index in [4.69, 9.17) is 4.74 Å². The maximum absolute atomic E-state index is 12.8. The number of carbonyl (C=O) groups excluding carboxylic acids is 2. The van der Waals surface area contributed by atoms with E-state index >= 15 is 0 Å². The van der Waals surface area contributed by atoms with Crippen molar-refractivity contribution in [3.63, 3.8) is 0 Å². The van der Waals surface area contributed by atoms with Crippen LogP contribution in [0.5, 0.6) is 5.75 Å². The number of amides is 2. The molecule has 1 aromatic carbocycles. The van der Waals surface area contributed by atoms with Crippen LogP contribution in [0.15, 0.2) is 36.5 Å². The number of nitrogens with zero attached hydrogens (tertiary/aromatic N) is 2. The van der Waals surface area contributed by atoms with Crippen LogP contribution in [-0.4, -0.2) is 35.4 Å². The summed E-state index contributed by atoms with van der Waals surface area (Å²) in [5.41, 5.74) is 3.92. The van der Waals surface area contributed by atoms with Crippen molar-refractivity contribution < 1.29 is 14.3 Å². The summed E-state index contributed by atoms with van der Waals surface area (Å²) in [6, 6.07) is 8.12. The van der Waals surface area contributed by atoms with Crippen molar-refractivity contribution in [1.29, 1.82) is 0 Å². The molecule has 0 aliphatic carbocycles. The van der Waals surface area contributed by atoms with Crippen molar-refractivity contribution in [3.05, 3.63) is 58.8 Å². The Balaban J connectivity index is 1.74. The summed E-state index contributed by atoms with van der Waals surface area (Å²) in [4.78, 5) is 30.3. The van der Waals surface area contributed by atoms with Gasteiger partial charge in [0.05, 0.1) is 6.61 Å². The number of likely N-dealkylation sites (N-methyl/N-ethyl adjacent to an activating group) is 1. The number of para-hydroxylation sites is 1. The van der Waals surface area contributed by atoms with Gasteiger partial charge in [-0.15, -0.1) is 0 Å². The Kier molecular flexibility index (Phi) is 7.33. The van der Waals surface area contributed by atoms with Gasteiger partial charge in [-0.05, 0) is 47.1 Å². The van der Waals surface area contributed by atoms with Crippen LogP contribution in [-0.2, 0) is 28.0 Å². The van der Waals surface area contributed by atoms with E-state index in [-0.39, 0.29) is 17.2 Å². The lowest BCUT2D eigenvalue weighted by Crippen LogP contribution is -2.25. The zero-order valence-electron chi connectivity index (χ0n) is 19.7. The van der Waals surface area contributed by atoms with Crippen molar-refractivity contribution >= 4 is 23.7 Å². The first-order valence-electron chi connectivity index (χ1n) is 11.2. The highest BCUT2D eigenvalue weighted by Gasteiger charge is 2.22. The summed E-state index contributed by atoms with van der Waals surface area (Å²) in [6.07, 6.45) is 7.03. The molecular weight excluding hydrogens is 402 g/mol. The fourth-order valence-electron chi connectivity index (χ4n) is 3.67. The number of hydrogen-bond donors (Lipinski definition) is 1. The van der Waals surface area contributed by atoms with Gasteiger partial charge in [-0.2, -0.15) is 0 Å². The standard InChI is InChI=1S/C26H33N3O3/c1-6-14-32-24-20(8-7-9-21(24)26(2,3)4)17-29(5)23(31)13-10-18-15-19-11-12-22(30)28-25(19)27-16-18/h7-10,13,15-16H,6,11-12,14,17H2,1-5H3,(H,27,28,30)/b13-10+. The minimum absolute atomic E-state index is 0.0112. The van der Waals surface area contributed by atoms with E-state index in [1.165, 1.54) is 0 Å². The third-order valence-corrected chi connectivity index (χ3v) is 5.42. The van der Waals surface area contributed by atoms with Gasteiger partial charge in [-0.1, -0.05) is 45.9 Å². The smallest absolute Gasteiger partial charge is 0.246 e. The largest absolute Gasteiger partial charge is 0.493 e. The molecule has 32 heavy (non-hydrogen) atoms. The molecule has 0 unspecified atom stereocenters. The highest BCUT2D eigenvalue weighted by molar-refractivity contribution is 5.93. The highest BCUT2D eigenvalue weighted by Crippen LogP contribution is 2.35. The van der Waals surface area contributed by atoms with E-state index < -0.39 is 0 Å². The number of nitrogens with one attached hydrogen (secondary N) is 1. The van der Waals surface area contributed by atoms with Gasteiger partial charge in [0.1, 0.15) is 11.6 Å². The fraction of sp³-hybridized carbons (Fsp3) is 0.423. The van der Waals surface area contributed by atoms with Crippen LogP contribution >= 0.6 is 0 Å². The van der Waals surface area contributed by atoms with E-state index in [1.54, 1.807) is 30.3 Å². The summed E-state index contributed by atoms with van der Waals surface area (Å²) < 4.78 is 6.12. The van der Waals surface area contributed by atoms with Crippen LogP contribution in [0.2, 0.25) is 0 Å². The molecule has 0 radical (unpaired) electrons. The molecule has 1 N–H and O–H groups in total. The number of anilines is 1. The van der Waals surface area contributed by atoms with Crippen LogP contribution in [0, 0.1) is 0 Å². The molecule has 2 amide bonds. The molecule has 1 aromatic heterocycles. The number of fused-ring (bicyclic) bond motifs is 1. The van der Waals surface area contributed by atoms with Crippen LogP contribution in [0.1, 0.15) is 62.8 Å². The van der Waals surface area contributed by atoms with Crippen molar-refractivity contribution in [1.82, 2.24) is 9.88 Å². The zero-order valence-corrected chi connectivity index (χ0v) is 19.7. The lowest BCUT2D eigenvalue weighted by atomic mass is 9.85. The normalized spacial score (nSPS) is 13.6. The molecular formula is C26H33N3O3. The number of benzene rings is 1. The minimum atomic E-state index is -0.0985. The average Bonchev–Trinajstić information content (AvgIpc) is 2.75. The van der Waals surface area contributed by atoms with Crippen molar-refractivity contribution in [2.45, 2.75) is 58.9 Å². The van der Waals surface area contributed by atoms with Gasteiger partial charge in [-0.25, -0.2) is 4.98 Å². The number of carbonyl (C=O) groups is 2. The summed E-state index contributed by atoms with van der Waals surface area (Å²) >= 11 is 0. The molecule has 0 saturated heterocycles. The molecule has 0 fully saturated rings. The van der Waals surface area contributed by atoms with Crippen LogP contribution in [0.4, 0.5) is 5.82 Å². The van der Waals surface area contributed by atoms with Crippen LogP contribution in [0.3, 0.4) is 0 Å². The van der Waals surface area contributed by atoms with Gasteiger partial charge in [0.2, 0.25) is 11.8 Å². The Morgan fingerprint density at radius 1 is 1.28 bits per heavy atom. The predicted octanol–water partition coefficient (Wildman–Crippen LogP) is 4.72. The molecule has 6 heteroatoms. The van der Waals surface area contributed by atoms with Gasteiger partial charge in [0.15, 0.2) is 0 Å². The second-order valence-corrected chi connectivity index (χ2v) is 9.24. The lowest BCUT2D eigenvalue weighted by molar-refractivity contribution is -0.125. The maximum Gasteiger partial charge on any atom is 0.246 e. The number of ether oxygens (including phenoxy) is 1. The Morgan fingerprint density at radius 3 is 2.78 bits per heavy atom. The van der Waals surface area contributed by atoms with Crippen LogP contribution in [0.25, 0.3) is 6.08 Å². The van der Waals surface area contributed by atoms with Crippen molar-refractivity contribution in [3.8, 4) is 5.75 Å². The summed E-state index contributed by atoms with van der Waals surface area (Å²) in [5, 5.41) is 2.77. The zero-order chi connectivity index (χ0) is 23.3. The topological polar surface area (TPSA) is 71.5 Å². The summed E-state index contributed by atoms with van der Waals surface area (Å²) in [7, 11) is 1.79. The molecule has 1 aliphatic heterocycles. The second kappa shape index (κ2) is 9.98. The Bertz CT molecular complexity index is 1020. The third kappa shape index (κ3) is 5.75. The molecule has 0 saturated carbocycles. The van der Waals surface area contributed by atoms with E-state index in [2.05, 4.69) is 44.1 Å². The molecule has 3 rings (SSSR count).